The Kier molecular flexibility index (Phi) is 5.60. The Balaban J connectivity index is 1.71. The van der Waals surface area contributed by atoms with Crippen LogP contribution in [0.4, 0.5) is 0 Å². The third-order valence-corrected chi connectivity index (χ3v) is 4.59. The molecule has 21 heavy (non-hydrogen) atoms. The van der Waals surface area contributed by atoms with Gasteiger partial charge in [0, 0.05) is 6.42 Å². The Morgan fingerprint density at radius 2 is 1.81 bits per heavy atom. The number of carbonyl (C=O) groups is 2. The summed E-state index contributed by atoms with van der Waals surface area (Å²) in [6, 6.07) is 2.22. The van der Waals surface area contributed by atoms with Gasteiger partial charge in [-0.3, -0.25) is 9.59 Å². The summed E-state index contributed by atoms with van der Waals surface area (Å²) in [5, 5.41) is 12.0. The summed E-state index contributed by atoms with van der Waals surface area (Å²) in [6.07, 6.45) is 9.33. The van der Waals surface area contributed by atoms with Crippen LogP contribution in [0.1, 0.15) is 64.2 Å². The van der Waals surface area contributed by atoms with Gasteiger partial charge in [-0.2, -0.15) is 5.26 Å². The van der Waals surface area contributed by atoms with E-state index in [0.717, 1.165) is 32.1 Å². The first-order valence-electron chi connectivity index (χ1n) is 8.01. The number of nitrogens with one attached hydrogen (secondary N) is 1. The number of hydrogen-bond acceptors (Lipinski definition) is 4. The van der Waals surface area contributed by atoms with E-state index in [9.17, 15) is 14.9 Å². The van der Waals surface area contributed by atoms with Crippen molar-refractivity contribution in [2.24, 2.45) is 5.92 Å². The molecule has 2 saturated carbocycles. The minimum absolute atomic E-state index is 0.269. The fraction of sp³-hybridized carbons (Fsp3) is 0.812. The normalized spacial score (nSPS) is 21.5. The van der Waals surface area contributed by atoms with Crippen molar-refractivity contribution in [1.82, 2.24) is 5.32 Å². The Bertz CT molecular complexity index is 416. The van der Waals surface area contributed by atoms with Crippen molar-refractivity contribution < 1.29 is 14.3 Å². The van der Waals surface area contributed by atoms with Crippen molar-refractivity contribution in [3.8, 4) is 6.07 Å². The van der Waals surface area contributed by atoms with E-state index in [1.54, 1.807) is 0 Å². The Labute approximate surface area is 126 Å². The molecule has 0 spiro atoms. The lowest BCUT2D eigenvalue weighted by Crippen LogP contribution is -2.50. The molecule has 0 bridgehead atoms. The van der Waals surface area contributed by atoms with Gasteiger partial charge in [-0.05, 0) is 31.6 Å². The van der Waals surface area contributed by atoms with Gasteiger partial charge in [0.2, 0.25) is 0 Å². The molecular formula is C16H24N2O3. The molecule has 2 rings (SSSR count). The number of amides is 1. The number of ether oxygens (including phenoxy) is 1. The number of nitriles is 1. The van der Waals surface area contributed by atoms with Crippen molar-refractivity contribution >= 4 is 11.9 Å². The van der Waals surface area contributed by atoms with Gasteiger partial charge in [0.1, 0.15) is 5.54 Å². The monoisotopic (exact) mass is 292 g/mol. The largest absolute Gasteiger partial charge is 0.456 e. The SMILES string of the molecule is N#CC1(NC(=O)COC(=O)CC2CCCC2)CCCCC1. The lowest BCUT2D eigenvalue weighted by atomic mass is 9.83. The molecule has 2 aliphatic carbocycles. The lowest BCUT2D eigenvalue weighted by molar-refractivity contribution is -0.149. The van der Waals surface area contributed by atoms with Gasteiger partial charge in [-0.1, -0.05) is 32.1 Å². The molecule has 1 amide bonds. The average molecular weight is 292 g/mol. The lowest BCUT2D eigenvalue weighted by Gasteiger charge is -2.31. The molecular weight excluding hydrogens is 268 g/mol. The van der Waals surface area contributed by atoms with Gasteiger partial charge in [-0.15, -0.1) is 0 Å². The second-order valence-corrected chi connectivity index (χ2v) is 6.32. The molecule has 0 atom stereocenters. The van der Waals surface area contributed by atoms with Gasteiger partial charge < -0.3 is 10.1 Å². The number of hydrogen-bond donors (Lipinski definition) is 1. The highest BCUT2D eigenvalue weighted by atomic mass is 16.5. The van der Waals surface area contributed by atoms with E-state index in [0.29, 0.717) is 25.2 Å². The third kappa shape index (κ3) is 4.73. The zero-order valence-electron chi connectivity index (χ0n) is 12.5. The zero-order valence-corrected chi connectivity index (χ0v) is 12.5. The molecule has 0 aromatic carbocycles. The first-order valence-corrected chi connectivity index (χ1v) is 8.01. The van der Waals surface area contributed by atoms with Crippen molar-refractivity contribution in [2.45, 2.75) is 69.7 Å². The molecule has 5 nitrogen and oxygen atoms in total. The molecule has 1 N–H and O–H groups in total. The van der Waals surface area contributed by atoms with E-state index >= 15 is 0 Å². The summed E-state index contributed by atoms with van der Waals surface area (Å²) in [7, 11) is 0. The molecule has 2 aliphatic rings. The molecule has 0 heterocycles. The Morgan fingerprint density at radius 3 is 2.43 bits per heavy atom. The highest BCUT2D eigenvalue weighted by Gasteiger charge is 2.33. The van der Waals surface area contributed by atoms with Crippen LogP contribution in [0.2, 0.25) is 0 Å². The Hall–Kier alpha value is -1.57. The number of carbonyl (C=O) groups excluding carboxylic acids is 2. The van der Waals surface area contributed by atoms with Crippen LogP contribution in [0.15, 0.2) is 0 Å². The van der Waals surface area contributed by atoms with Gasteiger partial charge in [0.15, 0.2) is 6.61 Å². The summed E-state index contributed by atoms with van der Waals surface area (Å²) in [5.41, 5.74) is -0.757. The second-order valence-electron chi connectivity index (χ2n) is 6.32. The van der Waals surface area contributed by atoms with Crippen LogP contribution < -0.4 is 5.32 Å². The van der Waals surface area contributed by atoms with E-state index in [1.165, 1.54) is 12.8 Å². The van der Waals surface area contributed by atoms with E-state index in [1.807, 2.05) is 0 Å². The molecule has 0 unspecified atom stereocenters. The van der Waals surface area contributed by atoms with Crippen LogP contribution in [0, 0.1) is 17.2 Å². The molecule has 2 fully saturated rings. The van der Waals surface area contributed by atoms with E-state index < -0.39 is 5.54 Å². The van der Waals surface area contributed by atoms with Gasteiger partial charge in [0.25, 0.3) is 5.91 Å². The van der Waals surface area contributed by atoms with Crippen LogP contribution in [0.5, 0.6) is 0 Å². The predicted molar refractivity (Wildman–Crippen MR) is 77.1 cm³/mol. The molecule has 0 radical (unpaired) electrons. The van der Waals surface area contributed by atoms with E-state index in [2.05, 4.69) is 11.4 Å². The number of esters is 1. The van der Waals surface area contributed by atoms with Crippen molar-refractivity contribution in [3.05, 3.63) is 0 Å². The molecule has 0 aromatic heterocycles. The van der Waals surface area contributed by atoms with Crippen LogP contribution in [0.3, 0.4) is 0 Å². The fourth-order valence-corrected chi connectivity index (χ4v) is 3.38. The topological polar surface area (TPSA) is 79.2 Å². The summed E-state index contributed by atoms with van der Waals surface area (Å²) in [5.74, 6) is -0.241. The van der Waals surface area contributed by atoms with Gasteiger partial charge in [0.05, 0.1) is 6.07 Å². The maximum absolute atomic E-state index is 11.9. The van der Waals surface area contributed by atoms with Gasteiger partial charge >= 0.3 is 5.97 Å². The summed E-state index contributed by atoms with van der Waals surface area (Å²) in [4.78, 5) is 23.6. The number of nitrogens with zero attached hydrogens (tertiary/aromatic N) is 1. The maximum Gasteiger partial charge on any atom is 0.306 e. The minimum atomic E-state index is -0.757. The Morgan fingerprint density at radius 1 is 1.14 bits per heavy atom. The quantitative estimate of drug-likeness (QED) is 0.789. The molecule has 116 valence electrons. The summed E-state index contributed by atoms with van der Waals surface area (Å²) in [6.45, 7) is -0.269. The average Bonchev–Trinajstić information content (AvgIpc) is 2.99. The van der Waals surface area contributed by atoms with Crippen molar-refractivity contribution in [3.63, 3.8) is 0 Å². The van der Waals surface area contributed by atoms with Crippen LogP contribution in [-0.4, -0.2) is 24.0 Å². The molecule has 0 aliphatic heterocycles. The van der Waals surface area contributed by atoms with Crippen LogP contribution in [-0.2, 0) is 14.3 Å². The summed E-state index contributed by atoms with van der Waals surface area (Å²) < 4.78 is 5.04. The van der Waals surface area contributed by atoms with Crippen LogP contribution in [0.25, 0.3) is 0 Å². The molecule has 0 aromatic rings. The van der Waals surface area contributed by atoms with Crippen molar-refractivity contribution in [2.75, 3.05) is 6.61 Å². The predicted octanol–water partition coefficient (Wildman–Crippen LogP) is 2.45. The highest BCUT2D eigenvalue weighted by Crippen LogP contribution is 2.28. The van der Waals surface area contributed by atoms with E-state index in [-0.39, 0.29) is 18.5 Å². The second kappa shape index (κ2) is 7.44. The first-order chi connectivity index (χ1) is 10.1. The first kappa shape index (κ1) is 15.8. The minimum Gasteiger partial charge on any atom is -0.456 e. The zero-order chi connectivity index (χ0) is 15.1. The third-order valence-electron chi connectivity index (χ3n) is 4.59. The molecule has 0 saturated heterocycles. The van der Waals surface area contributed by atoms with Crippen LogP contribution >= 0.6 is 0 Å². The van der Waals surface area contributed by atoms with Gasteiger partial charge in [-0.25, -0.2) is 0 Å². The standard InChI is InChI=1S/C16H24N2O3/c17-12-16(8-4-1-5-9-16)18-14(19)11-21-15(20)10-13-6-2-3-7-13/h13H,1-11H2,(H,18,19). The summed E-state index contributed by atoms with van der Waals surface area (Å²) >= 11 is 0. The number of rotatable bonds is 5. The maximum atomic E-state index is 11.9. The highest BCUT2D eigenvalue weighted by molar-refractivity contribution is 5.81. The fourth-order valence-electron chi connectivity index (χ4n) is 3.38. The van der Waals surface area contributed by atoms with Crippen molar-refractivity contribution in [1.29, 1.82) is 5.26 Å². The van der Waals surface area contributed by atoms with E-state index in [4.69, 9.17) is 4.74 Å². The molecule has 5 heteroatoms. The smallest absolute Gasteiger partial charge is 0.306 e.